The van der Waals surface area contributed by atoms with Crippen LogP contribution in [0.2, 0.25) is 0 Å². The van der Waals surface area contributed by atoms with Crippen molar-refractivity contribution in [3.63, 3.8) is 0 Å². The summed E-state index contributed by atoms with van der Waals surface area (Å²) < 4.78 is 22.8. The van der Waals surface area contributed by atoms with Gasteiger partial charge >= 0.3 is 20.0 Å². The van der Waals surface area contributed by atoms with Gasteiger partial charge in [-0.05, 0) is 5.56 Å². The molecule has 184 valence electrons. The quantitative estimate of drug-likeness (QED) is 0.273. The molecular weight excluding hydrogens is 477 g/mol. The van der Waals surface area contributed by atoms with E-state index in [1.165, 1.54) is 0 Å². The van der Waals surface area contributed by atoms with E-state index in [0.29, 0.717) is 5.56 Å². The minimum atomic E-state index is -3.99. The SMILES string of the molecule is O=C(O)N[C@H]1CO[P+](O)(OCC2OC(n3ccc(=O)[nH]c3=O)C(O)C2O)O[C@@H]1c1ccccc1. The van der Waals surface area contributed by atoms with Crippen LogP contribution in [-0.4, -0.2) is 73.4 Å². The number of aromatic amines is 1. The van der Waals surface area contributed by atoms with E-state index in [9.17, 15) is 29.5 Å². The van der Waals surface area contributed by atoms with Crippen molar-refractivity contribution < 1.29 is 43.3 Å². The van der Waals surface area contributed by atoms with Gasteiger partial charge in [-0.2, -0.15) is 13.9 Å². The number of nitrogens with zero attached hydrogens (tertiary/aromatic N) is 1. The van der Waals surface area contributed by atoms with Gasteiger partial charge in [0.15, 0.2) is 12.3 Å². The van der Waals surface area contributed by atoms with Crippen LogP contribution in [0.3, 0.4) is 0 Å². The molecule has 2 fully saturated rings. The zero-order chi connectivity index (χ0) is 24.5. The summed E-state index contributed by atoms with van der Waals surface area (Å²) in [7, 11) is -3.99. The normalized spacial score (nSPS) is 33.5. The van der Waals surface area contributed by atoms with Crippen LogP contribution in [0.25, 0.3) is 0 Å². The number of nitrogens with one attached hydrogen (secondary N) is 2. The molecule has 2 saturated heterocycles. The Bertz CT molecular complexity index is 1130. The summed E-state index contributed by atoms with van der Waals surface area (Å²) in [6, 6.07) is 8.77. The number of aliphatic hydroxyl groups is 2. The van der Waals surface area contributed by atoms with Crippen LogP contribution in [0.15, 0.2) is 52.2 Å². The molecule has 0 saturated carbocycles. The van der Waals surface area contributed by atoms with E-state index in [4.69, 9.17) is 23.4 Å². The summed E-state index contributed by atoms with van der Waals surface area (Å²) >= 11 is 0. The Kier molecular flexibility index (Phi) is 7.12. The molecule has 0 radical (unpaired) electrons. The first-order chi connectivity index (χ1) is 16.2. The van der Waals surface area contributed by atoms with Crippen LogP contribution in [0.4, 0.5) is 4.79 Å². The zero-order valence-electron chi connectivity index (χ0n) is 17.5. The van der Waals surface area contributed by atoms with E-state index >= 15 is 0 Å². The molecule has 0 spiro atoms. The van der Waals surface area contributed by atoms with Gasteiger partial charge in [0.05, 0.1) is 6.04 Å². The number of hydrogen-bond donors (Lipinski definition) is 6. The van der Waals surface area contributed by atoms with E-state index in [0.717, 1.165) is 16.8 Å². The molecule has 1 amide bonds. The number of amides is 1. The third-order valence-electron chi connectivity index (χ3n) is 5.33. The minimum Gasteiger partial charge on any atom is -0.465 e. The number of rotatable bonds is 6. The molecule has 3 heterocycles. The second-order valence-corrected chi connectivity index (χ2v) is 9.28. The summed E-state index contributed by atoms with van der Waals surface area (Å²) in [4.78, 5) is 47.2. The molecule has 2 aliphatic rings. The summed E-state index contributed by atoms with van der Waals surface area (Å²) in [5, 5.41) is 32.0. The summed E-state index contributed by atoms with van der Waals surface area (Å²) in [5.41, 5.74) is -0.925. The standard InChI is InChI=1S/C19H22N3O11P/c23-13-6-7-22(18(26)21-13)17-15(25)14(24)12(32-17)9-31-34(29)30-8-11(20-19(27)28)16(33-34)10-4-2-1-3-5-10/h1-7,11-12,14-17,20,24-25,29H,8-9H2,(H-,21,23,26,27,28)/p+1/t11-,12?,14?,15?,16+,17?,34?/m0/s1. The molecule has 7 atom stereocenters. The maximum Gasteiger partial charge on any atom is 0.573 e. The largest absolute Gasteiger partial charge is 0.573 e. The minimum absolute atomic E-state index is 0.262. The molecule has 2 aliphatic heterocycles. The van der Waals surface area contributed by atoms with Gasteiger partial charge in [-0.15, -0.1) is 4.52 Å². The van der Waals surface area contributed by atoms with Gasteiger partial charge in [-0.25, -0.2) is 9.59 Å². The van der Waals surface area contributed by atoms with Gasteiger partial charge in [0.25, 0.3) is 5.56 Å². The van der Waals surface area contributed by atoms with Crippen LogP contribution in [0, 0.1) is 0 Å². The van der Waals surface area contributed by atoms with Crippen LogP contribution in [0.5, 0.6) is 0 Å². The van der Waals surface area contributed by atoms with E-state index in [2.05, 4.69) is 5.32 Å². The van der Waals surface area contributed by atoms with Gasteiger partial charge in [0, 0.05) is 12.3 Å². The third kappa shape index (κ3) is 5.19. The molecule has 5 unspecified atom stereocenters. The number of benzene rings is 1. The fourth-order valence-corrected chi connectivity index (χ4v) is 5.12. The fraction of sp³-hybridized carbons (Fsp3) is 0.421. The summed E-state index contributed by atoms with van der Waals surface area (Å²) in [5.74, 6) is 0. The zero-order valence-corrected chi connectivity index (χ0v) is 18.4. The second-order valence-electron chi connectivity index (χ2n) is 7.62. The molecule has 0 bridgehead atoms. The Morgan fingerprint density at radius 1 is 1.21 bits per heavy atom. The summed E-state index contributed by atoms with van der Waals surface area (Å²) in [6.45, 7) is -0.752. The Morgan fingerprint density at radius 3 is 2.62 bits per heavy atom. The van der Waals surface area contributed by atoms with E-state index < -0.39 is 68.8 Å². The van der Waals surface area contributed by atoms with Crippen LogP contribution < -0.4 is 16.6 Å². The number of hydrogen-bond acceptors (Lipinski definition) is 10. The van der Waals surface area contributed by atoms with Crippen molar-refractivity contribution in [1.82, 2.24) is 14.9 Å². The molecule has 4 rings (SSSR count). The Morgan fingerprint density at radius 2 is 1.94 bits per heavy atom. The number of carboxylic acid groups (broad SMARTS) is 1. The van der Waals surface area contributed by atoms with Gasteiger partial charge in [-0.3, -0.25) is 14.3 Å². The number of H-pyrrole nitrogens is 1. The predicted molar refractivity (Wildman–Crippen MR) is 114 cm³/mol. The number of aliphatic hydroxyl groups excluding tert-OH is 2. The van der Waals surface area contributed by atoms with Crippen LogP contribution in [-0.2, 0) is 18.3 Å². The van der Waals surface area contributed by atoms with E-state index in [1.807, 2.05) is 4.98 Å². The molecule has 14 nitrogen and oxygen atoms in total. The average Bonchev–Trinajstić information content (AvgIpc) is 3.08. The van der Waals surface area contributed by atoms with Gasteiger partial charge in [0.2, 0.25) is 0 Å². The fourth-order valence-electron chi connectivity index (χ4n) is 3.68. The van der Waals surface area contributed by atoms with Crippen molar-refractivity contribution in [1.29, 1.82) is 0 Å². The van der Waals surface area contributed by atoms with Crippen LogP contribution >= 0.6 is 8.17 Å². The Hall–Kier alpha value is -2.68. The highest BCUT2D eigenvalue weighted by Crippen LogP contribution is 2.64. The van der Waals surface area contributed by atoms with E-state index in [-0.39, 0.29) is 6.61 Å². The lowest BCUT2D eigenvalue weighted by molar-refractivity contribution is -0.0701. The molecule has 0 aliphatic carbocycles. The van der Waals surface area contributed by atoms with Crippen molar-refractivity contribution in [3.8, 4) is 0 Å². The molecule has 34 heavy (non-hydrogen) atoms. The van der Waals surface area contributed by atoms with Crippen LogP contribution in [0.1, 0.15) is 17.9 Å². The lowest BCUT2D eigenvalue weighted by atomic mass is 10.0. The third-order valence-corrected chi connectivity index (χ3v) is 6.78. The highest BCUT2D eigenvalue weighted by Gasteiger charge is 2.56. The average molecular weight is 500 g/mol. The highest BCUT2D eigenvalue weighted by atomic mass is 31.2. The molecule has 15 heteroatoms. The molecule has 6 N–H and O–H groups in total. The van der Waals surface area contributed by atoms with E-state index in [1.54, 1.807) is 30.3 Å². The smallest absolute Gasteiger partial charge is 0.465 e. The monoisotopic (exact) mass is 500 g/mol. The van der Waals surface area contributed by atoms with Crippen molar-refractivity contribution >= 4 is 14.3 Å². The first-order valence-corrected chi connectivity index (χ1v) is 11.6. The van der Waals surface area contributed by atoms with Gasteiger partial charge in [0.1, 0.15) is 31.5 Å². The maximum atomic E-state index is 12.0. The topological polar surface area (TPSA) is 202 Å². The van der Waals surface area contributed by atoms with Gasteiger partial charge in [-0.1, -0.05) is 30.3 Å². The molecule has 2 aromatic rings. The lowest BCUT2D eigenvalue weighted by Crippen LogP contribution is -2.45. The highest BCUT2D eigenvalue weighted by molar-refractivity contribution is 7.55. The Labute approximate surface area is 192 Å². The molecule has 1 aromatic heterocycles. The van der Waals surface area contributed by atoms with Crippen molar-refractivity contribution in [3.05, 3.63) is 69.0 Å². The molecular formula is C19H23N3O11P+. The number of ether oxygens (including phenoxy) is 1. The maximum absolute atomic E-state index is 12.0. The number of aromatic nitrogens is 2. The number of carbonyl (C=O) groups is 1. The first-order valence-electron chi connectivity index (χ1n) is 10.1. The van der Waals surface area contributed by atoms with Gasteiger partial charge < -0.3 is 25.4 Å². The van der Waals surface area contributed by atoms with Crippen molar-refractivity contribution in [2.75, 3.05) is 13.2 Å². The lowest BCUT2D eigenvalue weighted by Gasteiger charge is -2.32. The Balaban J connectivity index is 1.45. The van der Waals surface area contributed by atoms with Crippen molar-refractivity contribution in [2.45, 2.75) is 36.7 Å². The summed E-state index contributed by atoms with van der Waals surface area (Å²) in [6.07, 6.45) is -6.69. The second kappa shape index (κ2) is 9.90. The van der Waals surface area contributed by atoms with Crippen molar-refractivity contribution in [2.24, 2.45) is 0 Å². The predicted octanol–water partition coefficient (Wildman–Crippen LogP) is -0.733. The first kappa shape index (κ1) is 24.4. The molecule has 1 aromatic carbocycles.